The Balaban J connectivity index is 2.13. The molecule has 1 heterocycles. The van der Waals surface area contributed by atoms with Gasteiger partial charge in [-0.3, -0.25) is 9.59 Å². The van der Waals surface area contributed by atoms with Crippen LogP contribution in [0.2, 0.25) is 0 Å². The third-order valence-electron chi connectivity index (χ3n) is 3.70. The van der Waals surface area contributed by atoms with Crippen molar-refractivity contribution in [1.82, 2.24) is 4.90 Å². The van der Waals surface area contributed by atoms with Crippen LogP contribution >= 0.6 is 0 Å². The molecule has 1 fully saturated rings. The highest BCUT2D eigenvalue weighted by atomic mass is 16.4. The maximum atomic E-state index is 12.2. The van der Waals surface area contributed by atoms with Gasteiger partial charge in [-0.05, 0) is 18.4 Å². The minimum Gasteiger partial charge on any atom is -0.480 e. The molecule has 1 aliphatic rings. The number of rotatable bonds is 4. The maximum absolute atomic E-state index is 12.2. The topological polar surface area (TPSA) is 74.7 Å². The van der Waals surface area contributed by atoms with E-state index in [4.69, 9.17) is 5.11 Å². The minimum atomic E-state index is -1.05. The first-order chi connectivity index (χ1) is 9.52. The van der Waals surface area contributed by atoms with Crippen LogP contribution in [0.1, 0.15) is 31.2 Å². The molecule has 0 aromatic heterocycles. The zero-order chi connectivity index (χ0) is 14.7. The van der Waals surface area contributed by atoms with Crippen molar-refractivity contribution in [1.29, 1.82) is 0 Å². The molecule has 20 heavy (non-hydrogen) atoms. The molecule has 1 amide bonds. The maximum Gasteiger partial charge on any atom is 0.326 e. The Morgan fingerprint density at radius 3 is 2.50 bits per heavy atom. The fourth-order valence-corrected chi connectivity index (χ4v) is 2.49. The summed E-state index contributed by atoms with van der Waals surface area (Å²) in [7, 11) is 0. The van der Waals surface area contributed by atoms with Gasteiger partial charge >= 0.3 is 5.97 Å². The Morgan fingerprint density at radius 2 is 1.90 bits per heavy atom. The van der Waals surface area contributed by atoms with Gasteiger partial charge in [0, 0.05) is 12.5 Å². The second kappa shape index (κ2) is 5.86. The number of amides is 1. The molecule has 0 radical (unpaired) electrons. The predicted molar refractivity (Wildman–Crippen MR) is 72.2 cm³/mol. The number of carbonyl (C=O) groups is 3. The van der Waals surface area contributed by atoms with Crippen LogP contribution < -0.4 is 0 Å². The van der Waals surface area contributed by atoms with Gasteiger partial charge in [-0.1, -0.05) is 37.3 Å². The standard InChI is InChI=1S/C15H17NO4/c1-10(11-6-3-2-4-7-11)13(17)14(18)16-9-5-8-12(16)15(19)20/h2-4,6-7,10,12H,5,8-9H2,1H3,(H,19,20)/t10?,12-/m0/s1. The number of Topliss-reactive ketones (excluding diaryl/α,β-unsaturated/α-hetero) is 1. The lowest BCUT2D eigenvalue weighted by molar-refractivity contribution is -0.152. The number of benzene rings is 1. The summed E-state index contributed by atoms with van der Waals surface area (Å²) < 4.78 is 0. The van der Waals surface area contributed by atoms with Gasteiger partial charge in [0.1, 0.15) is 6.04 Å². The second-order valence-electron chi connectivity index (χ2n) is 4.99. The summed E-state index contributed by atoms with van der Waals surface area (Å²) in [6.07, 6.45) is 1.03. The van der Waals surface area contributed by atoms with E-state index in [2.05, 4.69) is 0 Å². The number of hydrogen-bond donors (Lipinski definition) is 1. The summed E-state index contributed by atoms with van der Waals surface area (Å²) in [6.45, 7) is 2.00. The molecule has 1 aromatic rings. The largest absolute Gasteiger partial charge is 0.480 e. The van der Waals surface area contributed by atoms with Crippen molar-refractivity contribution in [3.63, 3.8) is 0 Å². The van der Waals surface area contributed by atoms with E-state index in [-0.39, 0.29) is 0 Å². The van der Waals surface area contributed by atoms with Crippen molar-refractivity contribution in [3.8, 4) is 0 Å². The molecule has 1 N–H and O–H groups in total. The fraction of sp³-hybridized carbons (Fsp3) is 0.400. The molecule has 0 aliphatic carbocycles. The third-order valence-corrected chi connectivity index (χ3v) is 3.70. The number of hydrogen-bond acceptors (Lipinski definition) is 3. The Morgan fingerprint density at radius 1 is 1.25 bits per heavy atom. The lowest BCUT2D eigenvalue weighted by Gasteiger charge is -2.22. The summed E-state index contributed by atoms with van der Waals surface area (Å²) in [5.74, 6) is -2.84. The molecule has 1 aliphatic heterocycles. The Labute approximate surface area is 117 Å². The Bertz CT molecular complexity index is 526. The smallest absolute Gasteiger partial charge is 0.326 e. The molecular formula is C15H17NO4. The van der Waals surface area contributed by atoms with Gasteiger partial charge in [-0.25, -0.2) is 4.79 Å². The van der Waals surface area contributed by atoms with Crippen molar-refractivity contribution in [2.75, 3.05) is 6.54 Å². The first kappa shape index (κ1) is 14.2. The van der Waals surface area contributed by atoms with Gasteiger partial charge in [0.2, 0.25) is 5.78 Å². The average Bonchev–Trinajstić information content (AvgIpc) is 2.95. The second-order valence-corrected chi connectivity index (χ2v) is 4.99. The molecule has 1 saturated heterocycles. The first-order valence-electron chi connectivity index (χ1n) is 6.65. The predicted octanol–water partition coefficient (Wildman–Crippen LogP) is 1.43. The van der Waals surface area contributed by atoms with E-state index in [9.17, 15) is 14.4 Å². The zero-order valence-corrected chi connectivity index (χ0v) is 11.3. The molecule has 5 nitrogen and oxygen atoms in total. The molecule has 2 atom stereocenters. The van der Waals surface area contributed by atoms with Crippen LogP contribution in [-0.4, -0.2) is 40.3 Å². The Kier molecular flexibility index (Phi) is 4.17. The molecule has 0 bridgehead atoms. The highest BCUT2D eigenvalue weighted by molar-refractivity contribution is 6.38. The summed E-state index contributed by atoms with van der Waals surface area (Å²) in [5, 5.41) is 9.06. The number of aliphatic carboxylic acids is 1. The summed E-state index contributed by atoms with van der Waals surface area (Å²) in [5.41, 5.74) is 0.761. The molecule has 2 rings (SSSR count). The van der Waals surface area contributed by atoms with E-state index in [1.807, 2.05) is 6.07 Å². The number of carboxylic acids is 1. The molecule has 1 unspecified atom stereocenters. The number of likely N-dealkylation sites (tertiary alicyclic amines) is 1. The van der Waals surface area contributed by atoms with Gasteiger partial charge in [0.05, 0.1) is 0 Å². The van der Waals surface area contributed by atoms with E-state index >= 15 is 0 Å². The van der Waals surface area contributed by atoms with E-state index in [1.54, 1.807) is 31.2 Å². The molecule has 0 spiro atoms. The quantitative estimate of drug-likeness (QED) is 0.844. The van der Waals surface area contributed by atoms with Crippen LogP contribution in [0, 0.1) is 0 Å². The van der Waals surface area contributed by atoms with Crippen molar-refractivity contribution < 1.29 is 19.5 Å². The molecule has 0 saturated carbocycles. The van der Waals surface area contributed by atoms with Gasteiger partial charge in [0.15, 0.2) is 0 Å². The zero-order valence-electron chi connectivity index (χ0n) is 11.3. The molecular weight excluding hydrogens is 258 g/mol. The fourth-order valence-electron chi connectivity index (χ4n) is 2.49. The number of ketones is 1. The summed E-state index contributed by atoms with van der Waals surface area (Å²) in [4.78, 5) is 36.7. The first-order valence-corrected chi connectivity index (χ1v) is 6.65. The monoisotopic (exact) mass is 275 g/mol. The van der Waals surface area contributed by atoms with Crippen molar-refractivity contribution in [2.24, 2.45) is 0 Å². The van der Waals surface area contributed by atoms with E-state index in [0.29, 0.717) is 19.4 Å². The average molecular weight is 275 g/mol. The number of nitrogens with zero attached hydrogens (tertiary/aromatic N) is 1. The third kappa shape index (κ3) is 2.71. The number of carbonyl (C=O) groups excluding carboxylic acids is 2. The van der Waals surface area contributed by atoms with E-state index in [1.165, 1.54) is 4.90 Å². The van der Waals surface area contributed by atoms with Crippen LogP contribution in [0.4, 0.5) is 0 Å². The van der Waals surface area contributed by atoms with Crippen LogP contribution in [0.25, 0.3) is 0 Å². The Hall–Kier alpha value is -2.17. The van der Waals surface area contributed by atoms with Crippen molar-refractivity contribution in [2.45, 2.75) is 31.7 Å². The molecule has 5 heteroatoms. The highest BCUT2D eigenvalue weighted by Gasteiger charge is 2.38. The summed E-state index contributed by atoms with van der Waals surface area (Å²) >= 11 is 0. The number of carboxylic acid groups (broad SMARTS) is 1. The van der Waals surface area contributed by atoms with Crippen LogP contribution in [-0.2, 0) is 14.4 Å². The lowest BCUT2D eigenvalue weighted by Crippen LogP contribution is -2.44. The molecule has 106 valence electrons. The highest BCUT2D eigenvalue weighted by Crippen LogP contribution is 2.22. The summed E-state index contributed by atoms with van der Waals surface area (Å²) in [6, 6.07) is 8.15. The van der Waals surface area contributed by atoms with Crippen molar-refractivity contribution >= 4 is 17.7 Å². The van der Waals surface area contributed by atoms with Crippen LogP contribution in [0.5, 0.6) is 0 Å². The van der Waals surface area contributed by atoms with Gasteiger partial charge < -0.3 is 10.0 Å². The SMILES string of the molecule is CC(C(=O)C(=O)N1CCC[C@H]1C(=O)O)c1ccccc1. The molecule has 1 aromatic carbocycles. The van der Waals surface area contributed by atoms with Gasteiger partial charge in [0.25, 0.3) is 5.91 Å². The van der Waals surface area contributed by atoms with E-state index in [0.717, 1.165) is 5.56 Å². The lowest BCUT2D eigenvalue weighted by atomic mass is 9.96. The van der Waals surface area contributed by atoms with Crippen LogP contribution in [0.3, 0.4) is 0 Å². The van der Waals surface area contributed by atoms with Crippen molar-refractivity contribution in [3.05, 3.63) is 35.9 Å². The van der Waals surface area contributed by atoms with Gasteiger partial charge in [-0.15, -0.1) is 0 Å². The minimum absolute atomic E-state index is 0.336. The van der Waals surface area contributed by atoms with E-state index < -0.39 is 29.6 Å². The van der Waals surface area contributed by atoms with Crippen LogP contribution in [0.15, 0.2) is 30.3 Å². The van der Waals surface area contributed by atoms with Gasteiger partial charge in [-0.2, -0.15) is 0 Å². The normalized spacial score (nSPS) is 19.6.